The van der Waals surface area contributed by atoms with E-state index in [4.69, 9.17) is 0 Å². The van der Waals surface area contributed by atoms with Crippen LogP contribution < -0.4 is 0 Å². The Labute approximate surface area is 173 Å². The molecule has 2 aromatic carbocycles. The summed E-state index contributed by atoms with van der Waals surface area (Å²) in [5.41, 5.74) is 2.27. The zero-order valence-electron chi connectivity index (χ0n) is 16.7. The number of aromatic nitrogens is 3. The van der Waals surface area contributed by atoms with Crippen LogP contribution >= 0.6 is 0 Å². The Bertz CT molecular complexity index is 1060. The van der Waals surface area contributed by atoms with Crippen LogP contribution in [0.1, 0.15) is 32.8 Å². The van der Waals surface area contributed by atoms with Crippen LogP contribution in [0.15, 0.2) is 54.7 Å². The van der Waals surface area contributed by atoms with Crippen LogP contribution in [-0.2, 0) is 0 Å². The summed E-state index contributed by atoms with van der Waals surface area (Å²) >= 11 is 0. The molecule has 2 amide bonds. The summed E-state index contributed by atoms with van der Waals surface area (Å²) in [5.74, 6) is -1.12. The minimum atomic E-state index is -0.535. The second-order valence-corrected chi connectivity index (χ2v) is 7.30. The number of amides is 2. The van der Waals surface area contributed by atoms with Crippen molar-refractivity contribution in [3.05, 3.63) is 77.4 Å². The number of hydrogen-bond donors (Lipinski definition) is 0. The SMILES string of the molecule is Cc1ccc(-n2cc(C(=O)N3CCCN(C(=O)c4ccccc4F)CC3)nn2)cc1. The van der Waals surface area contributed by atoms with Crippen LogP contribution in [0.25, 0.3) is 5.69 Å². The maximum atomic E-state index is 14.0. The fraction of sp³-hybridized carbons (Fsp3) is 0.273. The van der Waals surface area contributed by atoms with Gasteiger partial charge in [-0.1, -0.05) is 35.0 Å². The maximum Gasteiger partial charge on any atom is 0.276 e. The lowest BCUT2D eigenvalue weighted by Crippen LogP contribution is -2.37. The zero-order chi connectivity index (χ0) is 21.1. The molecule has 1 aliphatic heterocycles. The van der Waals surface area contributed by atoms with E-state index in [0.717, 1.165) is 11.3 Å². The smallest absolute Gasteiger partial charge is 0.276 e. The van der Waals surface area contributed by atoms with E-state index in [2.05, 4.69) is 10.3 Å². The second-order valence-electron chi connectivity index (χ2n) is 7.30. The Balaban J connectivity index is 1.43. The van der Waals surface area contributed by atoms with Gasteiger partial charge in [0.15, 0.2) is 5.69 Å². The Hall–Kier alpha value is -3.55. The number of nitrogens with zero attached hydrogens (tertiary/aromatic N) is 5. The molecule has 0 unspecified atom stereocenters. The lowest BCUT2D eigenvalue weighted by molar-refractivity contribution is 0.0713. The molecule has 1 aliphatic rings. The molecule has 0 radical (unpaired) electrons. The monoisotopic (exact) mass is 407 g/mol. The summed E-state index contributed by atoms with van der Waals surface area (Å²) in [6.45, 7) is 3.66. The van der Waals surface area contributed by atoms with Crippen molar-refractivity contribution in [2.45, 2.75) is 13.3 Å². The van der Waals surface area contributed by atoms with E-state index in [0.29, 0.717) is 32.6 Å². The van der Waals surface area contributed by atoms with E-state index in [9.17, 15) is 14.0 Å². The standard InChI is InChI=1S/C22H22FN5O2/c1-16-7-9-17(10-8-16)28-15-20(24-25-28)22(30)27-12-4-11-26(13-14-27)21(29)18-5-2-3-6-19(18)23/h2-3,5-10,15H,4,11-14H2,1H3. The molecule has 2 heterocycles. The first-order chi connectivity index (χ1) is 14.5. The summed E-state index contributed by atoms with van der Waals surface area (Å²) in [7, 11) is 0. The summed E-state index contributed by atoms with van der Waals surface area (Å²) < 4.78 is 15.5. The van der Waals surface area contributed by atoms with Gasteiger partial charge in [0.05, 0.1) is 17.4 Å². The van der Waals surface area contributed by atoms with Gasteiger partial charge in [-0.15, -0.1) is 5.10 Å². The lowest BCUT2D eigenvalue weighted by atomic mass is 10.2. The van der Waals surface area contributed by atoms with E-state index in [1.165, 1.54) is 12.1 Å². The normalized spacial score (nSPS) is 14.5. The third-order valence-corrected chi connectivity index (χ3v) is 5.19. The van der Waals surface area contributed by atoms with Crippen molar-refractivity contribution in [3.8, 4) is 5.69 Å². The Kier molecular flexibility index (Phi) is 5.56. The first kappa shape index (κ1) is 19.8. The quantitative estimate of drug-likeness (QED) is 0.669. The van der Waals surface area contributed by atoms with Crippen LogP contribution in [0.3, 0.4) is 0 Å². The van der Waals surface area contributed by atoms with Crippen LogP contribution in [0, 0.1) is 12.7 Å². The van der Waals surface area contributed by atoms with Gasteiger partial charge in [-0.25, -0.2) is 9.07 Å². The van der Waals surface area contributed by atoms with Gasteiger partial charge < -0.3 is 9.80 Å². The third kappa shape index (κ3) is 4.07. The zero-order valence-corrected chi connectivity index (χ0v) is 16.7. The van der Waals surface area contributed by atoms with Gasteiger partial charge in [-0.05, 0) is 37.6 Å². The highest BCUT2D eigenvalue weighted by molar-refractivity contribution is 5.95. The molecular weight excluding hydrogens is 385 g/mol. The average molecular weight is 407 g/mol. The molecule has 0 bridgehead atoms. The molecule has 3 aromatic rings. The van der Waals surface area contributed by atoms with Crippen molar-refractivity contribution in [2.75, 3.05) is 26.2 Å². The van der Waals surface area contributed by atoms with E-state index < -0.39 is 5.82 Å². The van der Waals surface area contributed by atoms with Gasteiger partial charge in [0.2, 0.25) is 0 Å². The van der Waals surface area contributed by atoms with Crippen molar-refractivity contribution < 1.29 is 14.0 Å². The fourth-order valence-corrected chi connectivity index (χ4v) is 3.48. The number of benzene rings is 2. The van der Waals surface area contributed by atoms with E-state index in [1.807, 2.05) is 31.2 Å². The molecule has 0 N–H and O–H groups in total. The van der Waals surface area contributed by atoms with E-state index >= 15 is 0 Å². The van der Waals surface area contributed by atoms with Crippen LogP contribution in [0.5, 0.6) is 0 Å². The molecule has 8 heteroatoms. The summed E-state index contributed by atoms with van der Waals surface area (Å²) in [6.07, 6.45) is 2.22. The van der Waals surface area contributed by atoms with Crippen LogP contribution in [0.4, 0.5) is 4.39 Å². The molecule has 7 nitrogen and oxygen atoms in total. The molecule has 1 aromatic heterocycles. The van der Waals surface area contributed by atoms with Crippen molar-refractivity contribution >= 4 is 11.8 Å². The molecule has 4 rings (SSSR count). The molecular formula is C22H22FN5O2. The summed E-state index contributed by atoms with van der Waals surface area (Å²) in [5, 5.41) is 8.09. The van der Waals surface area contributed by atoms with Crippen molar-refractivity contribution in [1.29, 1.82) is 0 Å². The molecule has 0 saturated carbocycles. The average Bonchev–Trinajstić information content (AvgIpc) is 3.11. The highest BCUT2D eigenvalue weighted by Crippen LogP contribution is 2.14. The largest absolute Gasteiger partial charge is 0.337 e. The number of halogens is 1. The molecule has 0 aliphatic carbocycles. The molecule has 30 heavy (non-hydrogen) atoms. The first-order valence-electron chi connectivity index (χ1n) is 9.85. The van der Waals surface area contributed by atoms with Crippen LogP contribution in [-0.4, -0.2) is 62.8 Å². The molecule has 0 atom stereocenters. The minimum absolute atomic E-state index is 0.0540. The Morgan fingerprint density at radius 3 is 2.27 bits per heavy atom. The molecule has 1 fully saturated rings. The van der Waals surface area contributed by atoms with Gasteiger partial charge >= 0.3 is 0 Å². The molecule has 1 saturated heterocycles. The maximum absolute atomic E-state index is 14.0. The predicted octanol–water partition coefficient (Wildman–Crippen LogP) is 2.70. The highest BCUT2D eigenvalue weighted by atomic mass is 19.1. The Morgan fingerprint density at radius 1 is 0.900 bits per heavy atom. The van der Waals surface area contributed by atoms with Crippen molar-refractivity contribution in [2.24, 2.45) is 0 Å². The number of aryl methyl sites for hydroxylation is 1. The van der Waals surface area contributed by atoms with E-state index in [1.54, 1.807) is 32.8 Å². The third-order valence-electron chi connectivity index (χ3n) is 5.19. The van der Waals surface area contributed by atoms with Crippen LogP contribution in [0.2, 0.25) is 0 Å². The number of carbonyl (C=O) groups is 2. The fourth-order valence-electron chi connectivity index (χ4n) is 3.48. The van der Waals surface area contributed by atoms with Gasteiger partial charge in [-0.2, -0.15) is 0 Å². The second kappa shape index (κ2) is 8.44. The topological polar surface area (TPSA) is 71.3 Å². The Morgan fingerprint density at radius 2 is 1.57 bits per heavy atom. The molecule has 154 valence electrons. The lowest BCUT2D eigenvalue weighted by Gasteiger charge is -2.21. The first-order valence-corrected chi connectivity index (χ1v) is 9.85. The number of hydrogen-bond acceptors (Lipinski definition) is 4. The highest BCUT2D eigenvalue weighted by Gasteiger charge is 2.26. The van der Waals surface area contributed by atoms with Gasteiger partial charge in [0.1, 0.15) is 5.82 Å². The molecule has 0 spiro atoms. The summed E-state index contributed by atoms with van der Waals surface area (Å²) in [4.78, 5) is 28.8. The van der Waals surface area contributed by atoms with Crippen molar-refractivity contribution in [1.82, 2.24) is 24.8 Å². The summed E-state index contributed by atoms with van der Waals surface area (Å²) in [6, 6.07) is 13.7. The minimum Gasteiger partial charge on any atom is -0.337 e. The number of rotatable bonds is 3. The van der Waals surface area contributed by atoms with Gasteiger partial charge in [0, 0.05) is 26.2 Å². The van der Waals surface area contributed by atoms with Crippen molar-refractivity contribution in [3.63, 3.8) is 0 Å². The van der Waals surface area contributed by atoms with Gasteiger partial charge in [-0.3, -0.25) is 9.59 Å². The van der Waals surface area contributed by atoms with E-state index in [-0.39, 0.29) is 23.1 Å². The number of carbonyl (C=O) groups excluding carboxylic acids is 2. The van der Waals surface area contributed by atoms with Gasteiger partial charge in [0.25, 0.3) is 11.8 Å². The predicted molar refractivity (Wildman–Crippen MR) is 109 cm³/mol.